The standard InChI is InChI=1S/C19H18N4O2/c1-12-7-9-14(10-8-12)23-19(25)17-16(21-11-22-17)18(24)15(20)13-5-3-2-4-6-13/h2-11,15H,20H2,1H3,(H,21,22)(H,23,25). The number of aromatic amines is 1. The van der Waals surface area contributed by atoms with Gasteiger partial charge in [0.05, 0.1) is 12.4 Å². The van der Waals surface area contributed by atoms with E-state index < -0.39 is 17.7 Å². The minimum absolute atomic E-state index is 0.0287. The summed E-state index contributed by atoms with van der Waals surface area (Å²) in [4.78, 5) is 31.8. The number of hydrogen-bond donors (Lipinski definition) is 3. The Kier molecular flexibility index (Phi) is 4.72. The van der Waals surface area contributed by atoms with Gasteiger partial charge in [-0.25, -0.2) is 4.98 Å². The number of amides is 1. The van der Waals surface area contributed by atoms with Crippen LogP contribution in [0.25, 0.3) is 0 Å². The van der Waals surface area contributed by atoms with Crippen LogP contribution >= 0.6 is 0 Å². The molecule has 0 saturated carbocycles. The number of ketones is 1. The highest BCUT2D eigenvalue weighted by Crippen LogP contribution is 2.18. The summed E-state index contributed by atoms with van der Waals surface area (Å²) in [7, 11) is 0. The fourth-order valence-electron chi connectivity index (χ4n) is 2.44. The molecule has 1 amide bonds. The number of nitrogens with two attached hydrogens (primary N) is 1. The number of imidazole rings is 1. The largest absolute Gasteiger partial charge is 0.340 e. The van der Waals surface area contributed by atoms with E-state index in [1.54, 1.807) is 36.4 Å². The van der Waals surface area contributed by atoms with Crippen LogP contribution in [0.4, 0.5) is 5.69 Å². The molecule has 0 fully saturated rings. The van der Waals surface area contributed by atoms with Crippen molar-refractivity contribution in [1.82, 2.24) is 9.97 Å². The average Bonchev–Trinajstić information content (AvgIpc) is 3.13. The van der Waals surface area contributed by atoms with Crippen molar-refractivity contribution in [2.45, 2.75) is 13.0 Å². The van der Waals surface area contributed by atoms with Gasteiger partial charge in [-0.2, -0.15) is 0 Å². The molecule has 6 nitrogen and oxygen atoms in total. The molecule has 4 N–H and O–H groups in total. The Morgan fingerprint density at radius 1 is 1.08 bits per heavy atom. The van der Waals surface area contributed by atoms with Crippen LogP contribution in [-0.4, -0.2) is 21.7 Å². The maximum absolute atomic E-state index is 12.6. The van der Waals surface area contributed by atoms with E-state index in [2.05, 4.69) is 15.3 Å². The Labute approximate surface area is 145 Å². The monoisotopic (exact) mass is 334 g/mol. The third-order valence-corrected chi connectivity index (χ3v) is 3.85. The van der Waals surface area contributed by atoms with E-state index in [9.17, 15) is 9.59 Å². The molecule has 6 heteroatoms. The van der Waals surface area contributed by atoms with Gasteiger partial charge in [-0.1, -0.05) is 48.0 Å². The van der Waals surface area contributed by atoms with Crippen LogP contribution in [0.2, 0.25) is 0 Å². The van der Waals surface area contributed by atoms with Gasteiger partial charge in [0, 0.05) is 5.69 Å². The molecule has 2 aromatic carbocycles. The Morgan fingerprint density at radius 3 is 2.44 bits per heavy atom. The van der Waals surface area contributed by atoms with Crippen molar-refractivity contribution in [2.24, 2.45) is 5.73 Å². The highest BCUT2D eigenvalue weighted by Gasteiger charge is 2.25. The van der Waals surface area contributed by atoms with E-state index in [1.807, 2.05) is 25.1 Å². The molecule has 3 aromatic rings. The Bertz CT molecular complexity index is 885. The van der Waals surface area contributed by atoms with E-state index in [0.717, 1.165) is 5.56 Å². The fraction of sp³-hybridized carbons (Fsp3) is 0.105. The van der Waals surface area contributed by atoms with Gasteiger partial charge in [-0.05, 0) is 24.6 Å². The zero-order chi connectivity index (χ0) is 17.8. The first-order chi connectivity index (χ1) is 12.1. The Morgan fingerprint density at radius 2 is 1.76 bits per heavy atom. The van der Waals surface area contributed by atoms with Crippen LogP contribution < -0.4 is 11.1 Å². The molecule has 126 valence electrons. The summed E-state index contributed by atoms with van der Waals surface area (Å²) in [5.74, 6) is -0.855. The number of rotatable bonds is 5. The Hall–Kier alpha value is -3.25. The number of aryl methyl sites for hydroxylation is 1. The van der Waals surface area contributed by atoms with E-state index in [-0.39, 0.29) is 11.4 Å². The highest BCUT2D eigenvalue weighted by atomic mass is 16.2. The molecular weight excluding hydrogens is 316 g/mol. The molecule has 1 aromatic heterocycles. The smallest absolute Gasteiger partial charge is 0.274 e. The summed E-state index contributed by atoms with van der Waals surface area (Å²) in [6.45, 7) is 1.96. The summed E-state index contributed by atoms with van der Waals surface area (Å²) < 4.78 is 0. The van der Waals surface area contributed by atoms with Gasteiger partial charge < -0.3 is 16.0 Å². The maximum atomic E-state index is 12.6. The summed E-state index contributed by atoms with van der Waals surface area (Å²) >= 11 is 0. The number of hydrogen-bond acceptors (Lipinski definition) is 4. The minimum Gasteiger partial charge on any atom is -0.340 e. The molecule has 25 heavy (non-hydrogen) atoms. The maximum Gasteiger partial charge on any atom is 0.274 e. The number of Topliss-reactive ketones (excluding diaryl/α,β-unsaturated/α-hetero) is 1. The summed E-state index contributed by atoms with van der Waals surface area (Å²) in [6.07, 6.45) is 1.31. The number of H-pyrrole nitrogens is 1. The average molecular weight is 334 g/mol. The van der Waals surface area contributed by atoms with E-state index in [1.165, 1.54) is 6.33 Å². The first kappa shape index (κ1) is 16.6. The van der Waals surface area contributed by atoms with E-state index in [4.69, 9.17) is 5.73 Å². The van der Waals surface area contributed by atoms with Gasteiger partial charge in [0.2, 0.25) is 5.78 Å². The molecule has 0 aliphatic heterocycles. The van der Waals surface area contributed by atoms with Crippen LogP contribution in [0, 0.1) is 6.92 Å². The summed E-state index contributed by atoms with van der Waals surface area (Å²) in [6, 6.07) is 15.5. The summed E-state index contributed by atoms with van der Waals surface area (Å²) in [5.41, 5.74) is 8.55. The zero-order valence-electron chi connectivity index (χ0n) is 13.7. The van der Waals surface area contributed by atoms with Crippen molar-refractivity contribution >= 4 is 17.4 Å². The normalized spacial score (nSPS) is 11.8. The lowest BCUT2D eigenvalue weighted by Gasteiger charge is -2.11. The second-order valence-electron chi connectivity index (χ2n) is 5.70. The second kappa shape index (κ2) is 7.11. The van der Waals surface area contributed by atoms with Crippen LogP contribution in [0.3, 0.4) is 0 Å². The van der Waals surface area contributed by atoms with Crippen molar-refractivity contribution < 1.29 is 9.59 Å². The summed E-state index contributed by atoms with van der Waals surface area (Å²) in [5, 5.41) is 2.74. The lowest BCUT2D eigenvalue weighted by atomic mass is 10.0. The van der Waals surface area contributed by atoms with Gasteiger partial charge in [0.15, 0.2) is 0 Å². The van der Waals surface area contributed by atoms with Crippen LogP contribution in [0.15, 0.2) is 60.9 Å². The van der Waals surface area contributed by atoms with Gasteiger partial charge in [0.1, 0.15) is 11.4 Å². The van der Waals surface area contributed by atoms with Crippen molar-refractivity contribution in [3.8, 4) is 0 Å². The number of nitrogens with one attached hydrogen (secondary N) is 2. The third kappa shape index (κ3) is 3.64. The second-order valence-corrected chi connectivity index (χ2v) is 5.70. The number of anilines is 1. The quantitative estimate of drug-likeness (QED) is 0.624. The van der Waals surface area contributed by atoms with E-state index in [0.29, 0.717) is 11.3 Å². The number of carbonyl (C=O) groups is 2. The topological polar surface area (TPSA) is 101 Å². The number of nitrogens with zero attached hydrogens (tertiary/aromatic N) is 1. The van der Waals surface area contributed by atoms with Gasteiger partial charge >= 0.3 is 0 Å². The molecule has 1 unspecified atom stereocenters. The van der Waals surface area contributed by atoms with Crippen molar-refractivity contribution in [3.05, 3.63) is 83.4 Å². The first-order valence-corrected chi connectivity index (χ1v) is 7.82. The zero-order valence-corrected chi connectivity index (χ0v) is 13.7. The molecule has 3 rings (SSSR count). The van der Waals surface area contributed by atoms with Gasteiger partial charge in [0.25, 0.3) is 5.91 Å². The van der Waals surface area contributed by atoms with Crippen LogP contribution in [-0.2, 0) is 0 Å². The molecule has 0 saturated heterocycles. The highest BCUT2D eigenvalue weighted by molar-refractivity contribution is 6.12. The van der Waals surface area contributed by atoms with Crippen molar-refractivity contribution in [1.29, 1.82) is 0 Å². The molecule has 0 aliphatic carbocycles. The number of aromatic nitrogens is 2. The lowest BCUT2D eigenvalue weighted by molar-refractivity contribution is 0.0942. The molecule has 0 spiro atoms. The predicted molar refractivity (Wildman–Crippen MR) is 95.4 cm³/mol. The number of benzene rings is 2. The van der Waals surface area contributed by atoms with Crippen molar-refractivity contribution in [2.75, 3.05) is 5.32 Å². The lowest BCUT2D eigenvalue weighted by Crippen LogP contribution is -2.25. The number of carbonyl (C=O) groups excluding carboxylic acids is 2. The van der Waals surface area contributed by atoms with Gasteiger partial charge in [-0.15, -0.1) is 0 Å². The molecule has 0 bridgehead atoms. The predicted octanol–water partition coefficient (Wildman–Crippen LogP) is 2.85. The van der Waals surface area contributed by atoms with Gasteiger partial charge in [-0.3, -0.25) is 9.59 Å². The Balaban J connectivity index is 1.81. The first-order valence-electron chi connectivity index (χ1n) is 7.82. The van der Waals surface area contributed by atoms with Crippen molar-refractivity contribution in [3.63, 3.8) is 0 Å². The van der Waals surface area contributed by atoms with E-state index >= 15 is 0 Å². The molecule has 1 atom stereocenters. The fourth-order valence-corrected chi connectivity index (χ4v) is 2.44. The molecular formula is C19H18N4O2. The SMILES string of the molecule is Cc1ccc(NC(=O)c2[nH]cnc2C(=O)C(N)c2ccccc2)cc1. The molecule has 1 heterocycles. The van der Waals surface area contributed by atoms with Crippen LogP contribution in [0.1, 0.15) is 38.1 Å². The van der Waals surface area contributed by atoms with Crippen LogP contribution in [0.5, 0.6) is 0 Å². The molecule has 0 radical (unpaired) electrons. The third-order valence-electron chi connectivity index (χ3n) is 3.85. The molecule has 0 aliphatic rings. The minimum atomic E-state index is -0.879.